The summed E-state index contributed by atoms with van der Waals surface area (Å²) in [5, 5.41) is 19.7. The summed E-state index contributed by atoms with van der Waals surface area (Å²) in [5.74, 6) is 0. The van der Waals surface area contributed by atoms with Gasteiger partial charge in [-0.15, -0.1) is 16.4 Å². The summed E-state index contributed by atoms with van der Waals surface area (Å²) < 4.78 is 1.49. The molecule has 0 atom stereocenters. The summed E-state index contributed by atoms with van der Waals surface area (Å²) in [6, 6.07) is 9.43. The maximum atomic E-state index is 12.7. The molecular formula is C15H9N5O3S. The Hall–Kier alpha value is -3.20. The second kappa shape index (κ2) is 5.17. The van der Waals surface area contributed by atoms with Crippen LogP contribution in [0.2, 0.25) is 0 Å². The van der Waals surface area contributed by atoms with E-state index in [0.717, 1.165) is 15.8 Å². The second-order valence-corrected chi connectivity index (χ2v) is 6.17. The normalized spacial score (nSPS) is 11.2. The number of fused-ring (bicyclic) bond motifs is 3. The average molecular weight is 339 g/mol. The smallest absolute Gasteiger partial charge is 0.266 e. The highest BCUT2D eigenvalue weighted by Gasteiger charge is 2.16. The maximum Gasteiger partial charge on any atom is 0.292 e. The Morgan fingerprint density at radius 3 is 2.88 bits per heavy atom. The predicted octanol–water partition coefficient (Wildman–Crippen LogP) is 2.61. The Kier molecular flexibility index (Phi) is 3.10. The van der Waals surface area contributed by atoms with Crippen molar-refractivity contribution in [3.05, 3.63) is 62.6 Å². The second-order valence-electron chi connectivity index (χ2n) is 5.17. The number of aryl methyl sites for hydroxylation is 1. The van der Waals surface area contributed by atoms with Crippen LogP contribution in [0.1, 0.15) is 5.69 Å². The molecule has 3 aromatic heterocycles. The number of nitro groups is 1. The van der Waals surface area contributed by atoms with E-state index in [-0.39, 0.29) is 11.2 Å². The van der Waals surface area contributed by atoms with Crippen LogP contribution in [0.15, 0.2) is 41.2 Å². The van der Waals surface area contributed by atoms with Gasteiger partial charge in [-0.1, -0.05) is 11.3 Å². The molecule has 0 saturated heterocycles. The predicted molar refractivity (Wildman–Crippen MR) is 89.7 cm³/mol. The van der Waals surface area contributed by atoms with Crippen molar-refractivity contribution in [2.24, 2.45) is 0 Å². The number of hydrogen-bond acceptors (Lipinski definition) is 7. The van der Waals surface area contributed by atoms with E-state index in [0.29, 0.717) is 20.7 Å². The van der Waals surface area contributed by atoms with Crippen LogP contribution in [0.5, 0.6) is 0 Å². The van der Waals surface area contributed by atoms with Gasteiger partial charge in [-0.3, -0.25) is 14.9 Å². The molecule has 0 aliphatic carbocycles. The molecule has 24 heavy (non-hydrogen) atoms. The van der Waals surface area contributed by atoms with Gasteiger partial charge in [-0.2, -0.15) is 4.68 Å². The number of nitrogens with zero attached hydrogens (tertiary/aromatic N) is 5. The number of nitro benzene ring substituents is 1. The molecule has 0 N–H and O–H groups in total. The lowest BCUT2D eigenvalue weighted by atomic mass is 10.2. The number of hydrogen-bond donors (Lipinski definition) is 0. The Balaban J connectivity index is 1.99. The summed E-state index contributed by atoms with van der Waals surface area (Å²) in [6.45, 7) is 1.87. The van der Waals surface area contributed by atoms with Crippen LogP contribution >= 0.6 is 11.3 Å². The summed E-state index contributed by atoms with van der Waals surface area (Å²) in [4.78, 5) is 28.2. The highest BCUT2D eigenvalue weighted by molar-refractivity contribution is 7.25. The average Bonchev–Trinajstić information content (AvgIpc) is 2.94. The van der Waals surface area contributed by atoms with Crippen LogP contribution in [0, 0.1) is 17.0 Å². The van der Waals surface area contributed by atoms with Crippen LogP contribution in [-0.2, 0) is 0 Å². The summed E-state index contributed by atoms with van der Waals surface area (Å²) >= 11 is 1.24. The Labute approximate surface area is 138 Å². The Morgan fingerprint density at radius 2 is 2.08 bits per heavy atom. The largest absolute Gasteiger partial charge is 0.292 e. The van der Waals surface area contributed by atoms with E-state index in [1.165, 1.54) is 29.5 Å². The number of benzene rings is 1. The van der Waals surface area contributed by atoms with Crippen molar-refractivity contribution in [1.29, 1.82) is 0 Å². The molecular weight excluding hydrogens is 330 g/mol. The van der Waals surface area contributed by atoms with Crippen LogP contribution in [0.4, 0.5) is 5.69 Å². The SMILES string of the molecule is Cc1ccc2c(n1)sc1c(=O)n(-c3cccc([N+](=O)[O-])c3)nnc12. The quantitative estimate of drug-likeness (QED) is 0.411. The van der Waals surface area contributed by atoms with Crippen LogP contribution in [0.3, 0.4) is 0 Å². The molecule has 0 aliphatic heterocycles. The third-order valence-electron chi connectivity index (χ3n) is 3.57. The minimum Gasteiger partial charge on any atom is -0.266 e. The fraction of sp³-hybridized carbons (Fsp3) is 0.0667. The van der Waals surface area contributed by atoms with Gasteiger partial charge in [0, 0.05) is 23.2 Å². The molecule has 4 aromatic rings. The van der Waals surface area contributed by atoms with Crippen molar-refractivity contribution in [2.75, 3.05) is 0 Å². The molecule has 0 saturated carbocycles. The van der Waals surface area contributed by atoms with Crippen molar-refractivity contribution in [1.82, 2.24) is 20.0 Å². The molecule has 0 unspecified atom stereocenters. The van der Waals surface area contributed by atoms with Crippen LogP contribution < -0.4 is 5.56 Å². The Morgan fingerprint density at radius 1 is 1.25 bits per heavy atom. The van der Waals surface area contributed by atoms with Gasteiger partial charge in [0.2, 0.25) is 0 Å². The fourth-order valence-electron chi connectivity index (χ4n) is 2.44. The van der Waals surface area contributed by atoms with Gasteiger partial charge in [0.1, 0.15) is 15.0 Å². The standard InChI is InChI=1S/C15H9N5O3S/c1-8-5-6-11-12-13(24-14(11)16-8)15(21)19(18-17-12)9-3-2-4-10(7-9)20(22)23/h2-7H,1H3. The van der Waals surface area contributed by atoms with Crippen LogP contribution in [0.25, 0.3) is 26.1 Å². The minimum absolute atomic E-state index is 0.116. The van der Waals surface area contributed by atoms with Gasteiger partial charge in [-0.25, -0.2) is 4.98 Å². The van der Waals surface area contributed by atoms with E-state index in [9.17, 15) is 14.9 Å². The molecule has 0 aliphatic rings. The molecule has 0 spiro atoms. The summed E-state index contributed by atoms with van der Waals surface area (Å²) in [7, 11) is 0. The van der Waals surface area contributed by atoms with E-state index in [4.69, 9.17) is 0 Å². The third kappa shape index (κ3) is 2.14. The Bertz CT molecular complexity index is 1180. The molecule has 8 nitrogen and oxygen atoms in total. The van der Waals surface area contributed by atoms with E-state index < -0.39 is 4.92 Å². The summed E-state index contributed by atoms with van der Waals surface area (Å²) in [6.07, 6.45) is 0. The monoisotopic (exact) mass is 339 g/mol. The van der Waals surface area contributed by atoms with Crippen molar-refractivity contribution in [3.63, 3.8) is 0 Å². The van der Waals surface area contributed by atoms with Gasteiger partial charge >= 0.3 is 0 Å². The van der Waals surface area contributed by atoms with Gasteiger partial charge in [0.15, 0.2) is 0 Å². The zero-order valence-corrected chi connectivity index (χ0v) is 13.1. The minimum atomic E-state index is -0.521. The molecule has 118 valence electrons. The third-order valence-corrected chi connectivity index (χ3v) is 4.65. The number of pyridine rings is 1. The van der Waals surface area contributed by atoms with E-state index in [2.05, 4.69) is 15.3 Å². The van der Waals surface area contributed by atoms with Crippen LogP contribution in [-0.4, -0.2) is 24.9 Å². The summed E-state index contributed by atoms with van der Waals surface area (Å²) in [5.41, 5.74) is 1.15. The van der Waals surface area contributed by atoms with Crippen molar-refractivity contribution >= 4 is 37.5 Å². The van der Waals surface area contributed by atoms with Gasteiger partial charge in [0.25, 0.3) is 11.2 Å². The molecule has 1 aromatic carbocycles. The molecule has 4 rings (SSSR count). The molecule has 9 heteroatoms. The van der Waals surface area contributed by atoms with Crippen molar-refractivity contribution in [2.45, 2.75) is 6.92 Å². The van der Waals surface area contributed by atoms with Crippen molar-refractivity contribution in [3.8, 4) is 5.69 Å². The first-order chi connectivity index (χ1) is 11.5. The molecule has 0 fully saturated rings. The first-order valence-electron chi connectivity index (χ1n) is 6.95. The topological polar surface area (TPSA) is 104 Å². The highest BCUT2D eigenvalue weighted by atomic mass is 32.1. The highest BCUT2D eigenvalue weighted by Crippen LogP contribution is 2.28. The number of thiophene rings is 1. The lowest BCUT2D eigenvalue weighted by Crippen LogP contribution is -2.21. The lowest BCUT2D eigenvalue weighted by molar-refractivity contribution is -0.384. The van der Waals surface area contributed by atoms with E-state index in [1.807, 2.05) is 19.1 Å². The molecule has 0 bridgehead atoms. The molecule has 3 heterocycles. The first kappa shape index (κ1) is 14.4. The van der Waals surface area contributed by atoms with E-state index in [1.54, 1.807) is 6.07 Å². The van der Waals surface area contributed by atoms with Gasteiger partial charge in [0.05, 0.1) is 10.6 Å². The molecule has 0 radical (unpaired) electrons. The number of aromatic nitrogens is 4. The molecule has 0 amide bonds. The zero-order chi connectivity index (χ0) is 16.8. The van der Waals surface area contributed by atoms with Crippen molar-refractivity contribution < 1.29 is 4.92 Å². The number of rotatable bonds is 2. The number of non-ortho nitro benzene ring substituents is 1. The zero-order valence-electron chi connectivity index (χ0n) is 12.3. The van der Waals surface area contributed by atoms with Gasteiger partial charge in [-0.05, 0) is 25.1 Å². The first-order valence-corrected chi connectivity index (χ1v) is 7.77. The fourth-order valence-corrected chi connectivity index (χ4v) is 3.51. The maximum absolute atomic E-state index is 12.7. The lowest BCUT2D eigenvalue weighted by Gasteiger charge is -2.02. The van der Waals surface area contributed by atoms with E-state index >= 15 is 0 Å². The van der Waals surface area contributed by atoms with Gasteiger partial charge < -0.3 is 0 Å².